The molecule has 0 saturated carbocycles. The Hall–Kier alpha value is -0.940. The maximum absolute atomic E-state index is 11.9. The summed E-state index contributed by atoms with van der Waals surface area (Å²) in [6, 6.07) is 3.71. The zero-order chi connectivity index (χ0) is 13.8. The average Bonchev–Trinajstić information content (AvgIpc) is 2.28. The Bertz CT molecular complexity index is 469. The van der Waals surface area contributed by atoms with Crippen molar-refractivity contribution in [3.63, 3.8) is 0 Å². The summed E-state index contributed by atoms with van der Waals surface area (Å²) in [6.45, 7) is 6.26. The maximum atomic E-state index is 11.9. The van der Waals surface area contributed by atoms with E-state index in [4.69, 9.17) is 0 Å². The van der Waals surface area contributed by atoms with Gasteiger partial charge in [0.1, 0.15) is 0 Å². The number of hydrogen-bond acceptors (Lipinski definition) is 4. The van der Waals surface area contributed by atoms with Gasteiger partial charge in [-0.3, -0.25) is 4.98 Å². The van der Waals surface area contributed by atoms with Gasteiger partial charge in [-0.2, -0.15) is 0 Å². The molecule has 0 aliphatic rings. The van der Waals surface area contributed by atoms with Crippen molar-refractivity contribution >= 4 is 9.84 Å². The molecule has 0 aliphatic heterocycles. The first-order valence-electron chi connectivity index (χ1n) is 6.11. The summed E-state index contributed by atoms with van der Waals surface area (Å²) < 4.78 is 23.0. The van der Waals surface area contributed by atoms with Crippen molar-refractivity contribution in [1.29, 1.82) is 0 Å². The highest BCUT2D eigenvalue weighted by Gasteiger charge is 2.38. The van der Waals surface area contributed by atoms with E-state index in [0.717, 1.165) is 12.1 Å². The smallest absolute Gasteiger partial charge is 0.154 e. The zero-order valence-electron chi connectivity index (χ0n) is 11.5. The lowest BCUT2D eigenvalue weighted by molar-refractivity contribution is 0.413. The molecule has 1 atom stereocenters. The molecule has 1 unspecified atom stereocenters. The number of likely N-dealkylation sites (N-methyl/N-ethyl adjacent to an activating group) is 1. The van der Waals surface area contributed by atoms with Gasteiger partial charge in [0.2, 0.25) is 0 Å². The number of pyridine rings is 1. The first-order chi connectivity index (χ1) is 8.29. The minimum absolute atomic E-state index is 0.123. The van der Waals surface area contributed by atoms with E-state index in [-0.39, 0.29) is 6.04 Å². The second-order valence-electron chi connectivity index (χ2n) is 5.05. The fraction of sp³-hybridized carbons (Fsp3) is 0.615. The average molecular weight is 270 g/mol. The molecular formula is C13H22N2O2S. The molecule has 1 aromatic heterocycles. The van der Waals surface area contributed by atoms with Crippen LogP contribution in [0.3, 0.4) is 0 Å². The minimum atomic E-state index is -3.13. The summed E-state index contributed by atoms with van der Waals surface area (Å²) in [4.78, 5) is 4.06. The number of rotatable bonds is 6. The summed E-state index contributed by atoms with van der Waals surface area (Å²) in [5.41, 5.74) is 1.04. The van der Waals surface area contributed by atoms with Crippen LogP contribution in [0.4, 0.5) is 0 Å². The summed E-state index contributed by atoms with van der Waals surface area (Å²) in [6.07, 6.45) is 5.44. The zero-order valence-corrected chi connectivity index (χ0v) is 12.3. The van der Waals surface area contributed by atoms with E-state index in [1.54, 1.807) is 26.2 Å². The molecule has 1 rings (SSSR count). The van der Waals surface area contributed by atoms with E-state index in [1.807, 2.05) is 19.1 Å². The first-order valence-corrected chi connectivity index (χ1v) is 8.00. The Kier molecular flexibility index (Phi) is 4.87. The van der Waals surface area contributed by atoms with Crippen LogP contribution in [0.25, 0.3) is 0 Å². The van der Waals surface area contributed by atoms with Gasteiger partial charge in [-0.15, -0.1) is 0 Å². The predicted octanol–water partition coefficient (Wildman–Crippen LogP) is 1.43. The molecule has 0 aliphatic carbocycles. The quantitative estimate of drug-likeness (QED) is 0.849. The van der Waals surface area contributed by atoms with Gasteiger partial charge in [0.25, 0.3) is 0 Å². The molecule has 0 saturated heterocycles. The number of nitrogens with zero attached hydrogens (tertiary/aromatic N) is 1. The Morgan fingerprint density at radius 2 is 2.11 bits per heavy atom. The van der Waals surface area contributed by atoms with Crippen LogP contribution in [0.15, 0.2) is 24.5 Å². The Balaban J connectivity index is 2.97. The monoisotopic (exact) mass is 270 g/mol. The van der Waals surface area contributed by atoms with Crippen LogP contribution in [0.2, 0.25) is 0 Å². The summed E-state index contributed by atoms with van der Waals surface area (Å²) >= 11 is 0. The molecule has 1 N–H and O–H groups in total. The third-order valence-electron chi connectivity index (χ3n) is 3.41. The largest absolute Gasteiger partial charge is 0.312 e. The molecule has 4 nitrogen and oxygen atoms in total. The van der Waals surface area contributed by atoms with E-state index >= 15 is 0 Å². The lowest BCUT2D eigenvalue weighted by Crippen LogP contribution is -2.52. The van der Waals surface area contributed by atoms with Crippen molar-refractivity contribution in [3.8, 4) is 0 Å². The van der Waals surface area contributed by atoms with Crippen LogP contribution < -0.4 is 5.32 Å². The molecule has 18 heavy (non-hydrogen) atoms. The molecule has 1 aromatic rings. The van der Waals surface area contributed by atoms with Crippen LogP contribution in [0.1, 0.15) is 26.3 Å². The third-order valence-corrected chi connectivity index (χ3v) is 5.60. The number of sulfone groups is 1. The van der Waals surface area contributed by atoms with Gasteiger partial charge >= 0.3 is 0 Å². The van der Waals surface area contributed by atoms with Crippen LogP contribution in [-0.4, -0.2) is 37.0 Å². The van der Waals surface area contributed by atoms with Crippen molar-refractivity contribution in [3.05, 3.63) is 30.1 Å². The van der Waals surface area contributed by atoms with Crippen LogP contribution in [0, 0.1) is 0 Å². The molecule has 102 valence electrons. The second-order valence-corrected chi connectivity index (χ2v) is 7.65. The standard InChI is InChI=1S/C13H22N2O2S/c1-5-15-12(13(2,3)18(4,16)17)9-11-7-6-8-14-10-11/h6-8,10,12,15H,5,9H2,1-4H3. The molecule has 0 bridgehead atoms. The van der Waals surface area contributed by atoms with Crippen molar-refractivity contribution in [2.75, 3.05) is 12.8 Å². The number of nitrogens with one attached hydrogen (secondary N) is 1. The minimum Gasteiger partial charge on any atom is -0.312 e. The normalized spacial score (nSPS) is 14.4. The van der Waals surface area contributed by atoms with E-state index in [1.165, 1.54) is 6.26 Å². The van der Waals surface area contributed by atoms with Gasteiger partial charge in [0.05, 0.1) is 4.75 Å². The van der Waals surface area contributed by atoms with Gasteiger partial charge in [-0.1, -0.05) is 13.0 Å². The fourth-order valence-electron chi connectivity index (χ4n) is 1.82. The van der Waals surface area contributed by atoms with E-state index in [2.05, 4.69) is 10.3 Å². The second kappa shape index (κ2) is 5.80. The van der Waals surface area contributed by atoms with Crippen molar-refractivity contribution in [2.45, 2.75) is 38.0 Å². The Morgan fingerprint density at radius 1 is 1.44 bits per heavy atom. The molecule has 0 radical (unpaired) electrons. The Morgan fingerprint density at radius 3 is 2.56 bits per heavy atom. The van der Waals surface area contributed by atoms with Crippen LogP contribution >= 0.6 is 0 Å². The van der Waals surface area contributed by atoms with Gasteiger partial charge in [0, 0.05) is 24.7 Å². The summed E-state index contributed by atoms with van der Waals surface area (Å²) in [5.74, 6) is 0. The van der Waals surface area contributed by atoms with Gasteiger partial charge in [-0.05, 0) is 38.4 Å². The van der Waals surface area contributed by atoms with Crippen LogP contribution in [0.5, 0.6) is 0 Å². The van der Waals surface area contributed by atoms with Gasteiger partial charge < -0.3 is 5.32 Å². The summed E-state index contributed by atoms with van der Waals surface area (Å²) in [5, 5.41) is 3.27. The maximum Gasteiger partial charge on any atom is 0.154 e. The van der Waals surface area contributed by atoms with Crippen molar-refractivity contribution < 1.29 is 8.42 Å². The van der Waals surface area contributed by atoms with E-state index < -0.39 is 14.6 Å². The fourth-order valence-corrected chi connectivity index (χ4v) is 2.51. The number of hydrogen-bond donors (Lipinski definition) is 1. The van der Waals surface area contributed by atoms with Crippen molar-refractivity contribution in [2.24, 2.45) is 0 Å². The third kappa shape index (κ3) is 3.53. The lowest BCUT2D eigenvalue weighted by Gasteiger charge is -2.33. The highest BCUT2D eigenvalue weighted by molar-refractivity contribution is 7.92. The van der Waals surface area contributed by atoms with Gasteiger partial charge in [-0.25, -0.2) is 8.42 Å². The first kappa shape index (κ1) is 15.1. The van der Waals surface area contributed by atoms with Crippen molar-refractivity contribution in [1.82, 2.24) is 10.3 Å². The molecule has 0 fully saturated rings. The lowest BCUT2D eigenvalue weighted by atomic mass is 9.96. The predicted molar refractivity (Wildman–Crippen MR) is 74.3 cm³/mol. The Labute approximate surface area is 110 Å². The SMILES string of the molecule is CCNC(Cc1cccnc1)C(C)(C)S(C)(=O)=O. The highest BCUT2D eigenvalue weighted by Crippen LogP contribution is 2.23. The van der Waals surface area contributed by atoms with Crippen LogP contribution in [-0.2, 0) is 16.3 Å². The molecular weight excluding hydrogens is 248 g/mol. The van der Waals surface area contributed by atoms with E-state index in [0.29, 0.717) is 6.42 Å². The molecule has 5 heteroatoms. The molecule has 0 amide bonds. The molecule has 1 heterocycles. The molecule has 0 spiro atoms. The number of aromatic nitrogens is 1. The molecule has 0 aromatic carbocycles. The summed E-state index contributed by atoms with van der Waals surface area (Å²) in [7, 11) is -3.13. The topological polar surface area (TPSA) is 59.1 Å². The van der Waals surface area contributed by atoms with Gasteiger partial charge in [0.15, 0.2) is 9.84 Å². The van der Waals surface area contributed by atoms with E-state index in [9.17, 15) is 8.42 Å². The highest BCUT2D eigenvalue weighted by atomic mass is 32.2.